The summed E-state index contributed by atoms with van der Waals surface area (Å²) in [5.41, 5.74) is 0. The maximum absolute atomic E-state index is 12.3. The van der Waals surface area contributed by atoms with Crippen molar-refractivity contribution in [2.75, 3.05) is 52.4 Å². The van der Waals surface area contributed by atoms with Gasteiger partial charge < -0.3 is 15.3 Å². The van der Waals surface area contributed by atoms with Crippen LogP contribution in [0, 0.1) is 5.92 Å². The molecule has 2 rings (SSSR count). The van der Waals surface area contributed by atoms with Gasteiger partial charge in [0.25, 0.3) is 0 Å². The Bertz CT molecular complexity index is 280. The topological polar surface area (TPSA) is 55.8 Å². The molecule has 2 N–H and O–H groups in total. The molecule has 1 atom stereocenters. The van der Waals surface area contributed by atoms with E-state index < -0.39 is 0 Å². The third-order valence-corrected chi connectivity index (χ3v) is 4.22. The lowest BCUT2D eigenvalue weighted by Gasteiger charge is -2.26. The van der Waals surface area contributed by atoms with E-state index in [1.165, 1.54) is 12.8 Å². The number of carbonyl (C=O) groups is 1. The Morgan fingerprint density at radius 3 is 2.84 bits per heavy atom. The third kappa shape index (κ3) is 4.75. The van der Waals surface area contributed by atoms with Gasteiger partial charge in [-0.2, -0.15) is 0 Å². The lowest BCUT2D eigenvalue weighted by atomic mass is 9.95. The summed E-state index contributed by atoms with van der Waals surface area (Å²) < 4.78 is 0. The molecule has 0 radical (unpaired) electrons. The van der Waals surface area contributed by atoms with Crippen molar-refractivity contribution >= 4 is 5.91 Å². The van der Waals surface area contributed by atoms with Crippen LogP contribution in [0.4, 0.5) is 0 Å². The Hall–Kier alpha value is -0.650. The molecule has 0 spiro atoms. The smallest absolute Gasteiger partial charge is 0.222 e. The molecule has 5 nitrogen and oxygen atoms in total. The first kappa shape index (κ1) is 14.8. The van der Waals surface area contributed by atoms with Gasteiger partial charge >= 0.3 is 0 Å². The quantitative estimate of drug-likeness (QED) is 0.748. The highest BCUT2D eigenvalue weighted by molar-refractivity contribution is 5.76. The molecule has 0 saturated carbocycles. The average molecular weight is 269 g/mol. The molecule has 19 heavy (non-hydrogen) atoms. The summed E-state index contributed by atoms with van der Waals surface area (Å²) in [5, 5.41) is 12.3. The van der Waals surface area contributed by atoms with Crippen molar-refractivity contribution in [3.8, 4) is 0 Å². The first-order chi connectivity index (χ1) is 9.29. The van der Waals surface area contributed by atoms with Gasteiger partial charge in [0.15, 0.2) is 0 Å². The Kier molecular flexibility index (Phi) is 6.07. The molecule has 110 valence electrons. The van der Waals surface area contributed by atoms with E-state index in [1.807, 2.05) is 4.90 Å². The first-order valence-electron chi connectivity index (χ1n) is 7.61. The van der Waals surface area contributed by atoms with Gasteiger partial charge in [-0.1, -0.05) is 0 Å². The number of aliphatic hydroxyl groups is 1. The summed E-state index contributed by atoms with van der Waals surface area (Å²) in [4.78, 5) is 16.6. The van der Waals surface area contributed by atoms with Gasteiger partial charge in [-0.3, -0.25) is 9.69 Å². The van der Waals surface area contributed by atoms with Crippen molar-refractivity contribution in [2.45, 2.75) is 25.7 Å². The van der Waals surface area contributed by atoms with Crippen molar-refractivity contribution in [1.82, 2.24) is 15.1 Å². The second-order valence-electron chi connectivity index (χ2n) is 5.72. The van der Waals surface area contributed by atoms with E-state index in [0.717, 1.165) is 52.2 Å². The Morgan fingerprint density at radius 2 is 2.11 bits per heavy atom. The molecular weight excluding hydrogens is 242 g/mol. The fraction of sp³-hybridized carbons (Fsp3) is 0.929. The standard InChI is InChI=1S/C14H27N3O2/c18-10-9-16-5-2-6-17(8-7-16)14(19)11-13-3-1-4-15-12-13/h13,15,18H,1-12H2. The van der Waals surface area contributed by atoms with Gasteiger partial charge in [-0.15, -0.1) is 0 Å². The summed E-state index contributed by atoms with van der Waals surface area (Å²) in [6.07, 6.45) is 4.10. The predicted octanol–water partition coefficient (Wildman–Crippen LogP) is -0.0973. The van der Waals surface area contributed by atoms with E-state index in [2.05, 4.69) is 10.2 Å². The monoisotopic (exact) mass is 269 g/mol. The lowest BCUT2D eigenvalue weighted by molar-refractivity contribution is -0.132. The lowest BCUT2D eigenvalue weighted by Crippen LogP contribution is -2.39. The number of piperidine rings is 1. The summed E-state index contributed by atoms with van der Waals surface area (Å²) in [6, 6.07) is 0. The van der Waals surface area contributed by atoms with Gasteiger partial charge in [0, 0.05) is 32.6 Å². The summed E-state index contributed by atoms with van der Waals surface area (Å²) in [6.45, 7) is 6.63. The second-order valence-corrected chi connectivity index (χ2v) is 5.72. The molecule has 2 heterocycles. The zero-order valence-electron chi connectivity index (χ0n) is 11.8. The minimum Gasteiger partial charge on any atom is -0.395 e. The van der Waals surface area contributed by atoms with Crippen LogP contribution in [0.3, 0.4) is 0 Å². The number of aliphatic hydroxyl groups excluding tert-OH is 1. The van der Waals surface area contributed by atoms with Crippen LogP contribution >= 0.6 is 0 Å². The normalized spacial score (nSPS) is 26.2. The van der Waals surface area contributed by atoms with E-state index in [0.29, 0.717) is 18.2 Å². The number of amides is 1. The highest BCUT2D eigenvalue weighted by atomic mass is 16.3. The largest absolute Gasteiger partial charge is 0.395 e. The molecule has 0 aromatic heterocycles. The minimum absolute atomic E-state index is 0.210. The predicted molar refractivity (Wildman–Crippen MR) is 74.9 cm³/mol. The maximum atomic E-state index is 12.3. The third-order valence-electron chi connectivity index (χ3n) is 4.22. The summed E-state index contributed by atoms with van der Waals surface area (Å²) in [5.74, 6) is 0.845. The average Bonchev–Trinajstić information content (AvgIpc) is 2.66. The molecule has 2 fully saturated rings. The van der Waals surface area contributed by atoms with E-state index in [1.54, 1.807) is 0 Å². The molecular formula is C14H27N3O2. The van der Waals surface area contributed by atoms with Crippen molar-refractivity contribution in [3.63, 3.8) is 0 Å². The van der Waals surface area contributed by atoms with Gasteiger partial charge in [-0.25, -0.2) is 0 Å². The zero-order valence-corrected chi connectivity index (χ0v) is 11.8. The van der Waals surface area contributed by atoms with Crippen LogP contribution in [0.5, 0.6) is 0 Å². The van der Waals surface area contributed by atoms with E-state index >= 15 is 0 Å². The van der Waals surface area contributed by atoms with Crippen LogP contribution in [0.25, 0.3) is 0 Å². The van der Waals surface area contributed by atoms with Crippen LogP contribution in [-0.2, 0) is 4.79 Å². The molecule has 1 unspecified atom stereocenters. The van der Waals surface area contributed by atoms with E-state index in [9.17, 15) is 4.79 Å². The van der Waals surface area contributed by atoms with E-state index in [-0.39, 0.29) is 6.61 Å². The SMILES string of the molecule is O=C(CC1CCCNC1)N1CCCN(CCO)CC1. The highest BCUT2D eigenvalue weighted by Crippen LogP contribution is 2.16. The van der Waals surface area contributed by atoms with Gasteiger partial charge in [0.1, 0.15) is 0 Å². The molecule has 2 aliphatic heterocycles. The van der Waals surface area contributed by atoms with Crippen LogP contribution in [0.1, 0.15) is 25.7 Å². The van der Waals surface area contributed by atoms with Gasteiger partial charge in [0.2, 0.25) is 5.91 Å². The van der Waals surface area contributed by atoms with Crippen molar-refractivity contribution in [2.24, 2.45) is 5.92 Å². The summed E-state index contributed by atoms with van der Waals surface area (Å²) in [7, 11) is 0. The minimum atomic E-state index is 0.210. The van der Waals surface area contributed by atoms with Crippen molar-refractivity contribution < 1.29 is 9.90 Å². The Morgan fingerprint density at radius 1 is 1.21 bits per heavy atom. The molecule has 5 heteroatoms. The summed E-state index contributed by atoms with van der Waals surface area (Å²) >= 11 is 0. The zero-order chi connectivity index (χ0) is 13.5. The Labute approximate surface area is 115 Å². The number of nitrogens with one attached hydrogen (secondary N) is 1. The fourth-order valence-electron chi connectivity index (χ4n) is 3.06. The molecule has 0 aliphatic carbocycles. The van der Waals surface area contributed by atoms with Crippen molar-refractivity contribution in [1.29, 1.82) is 0 Å². The van der Waals surface area contributed by atoms with E-state index in [4.69, 9.17) is 5.11 Å². The van der Waals surface area contributed by atoms with Crippen LogP contribution < -0.4 is 5.32 Å². The molecule has 2 saturated heterocycles. The highest BCUT2D eigenvalue weighted by Gasteiger charge is 2.22. The number of β-amino-alcohol motifs (C(OH)–C–C–N with tert-alkyl or cyclic N) is 1. The van der Waals surface area contributed by atoms with Gasteiger partial charge in [0.05, 0.1) is 6.61 Å². The van der Waals surface area contributed by atoms with Crippen molar-refractivity contribution in [3.05, 3.63) is 0 Å². The Balaban J connectivity index is 1.75. The molecule has 2 aliphatic rings. The maximum Gasteiger partial charge on any atom is 0.222 e. The van der Waals surface area contributed by atoms with Gasteiger partial charge in [-0.05, 0) is 44.8 Å². The number of hydrogen-bond acceptors (Lipinski definition) is 4. The number of nitrogens with zero attached hydrogens (tertiary/aromatic N) is 2. The van der Waals surface area contributed by atoms with Crippen LogP contribution in [0.15, 0.2) is 0 Å². The molecule has 0 bridgehead atoms. The molecule has 0 aromatic rings. The van der Waals surface area contributed by atoms with Crippen LogP contribution in [-0.4, -0.2) is 73.2 Å². The fourth-order valence-corrected chi connectivity index (χ4v) is 3.06. The number of rotatable bonds is 4. The number of hydrogen-bond donors (Lipinski definition) is 2. The number of carbonyl (C=O) groups excluding carboxylic acids is 1. The second kappa shape index (κ2) is 7.82. The first-order valence-corrected chi connectivity index (χ1v) is 7.61. The van der Waals surface area contributed by atoms with Crippen LogP contribution in [0.2, 0.25) is 0 Å². The molecule has 1 amide bonds. The molecule has 0 aromatic carbocycles.